The van der Waals surface area contributed by atoms with E-state index in [2.05, 4.69) is 75.8 Å². The van der Waals surface area contributed by atoms with Gasteiger partial charge in [-0.25, -0.2) is 0 Å². The van der Waals surface area contributed by atoms with Crippen LogP contribution >= 0.6 is 49.9 Å². The monoisotopic (exact) mass is 378 g/mol. The Morgan fingerprint density at radius 3 is 2.36 bits per heavy atom. The normalized spacial score (nSPS) is 10.5. The van der Waals surface area contributed by atoms with Gasteiger partial charge in [-0.05, 0) is 57.1 Å². The fourth-order valence-corrected chi connectivity index (χ4v) is 4.65. The first-order valence-electron chi connectivity index (χ1n) is 4.18. The van der Waals surface area contributed by atoms with Gasteiger partial charge in [-0.15, -0.1) is 11.3 Å². The van der Waals surface area contributed by atoms with Crippen molar-refractivity contribution < 1.29 is 0 Å². The Balaban J connectivity index is 2.49. The molecule has 0 aliphatic heterocycles. The number of hydrogen-bond acceptors (Lipinski definition) is 1. The van der Waals surface area contributed by atoms with Crippen LogP contribution in [0.25, 0.3) is 11.1 Å². The Kier molecular flexibility index (Phi) is 3.29. The molecular formula is C11H8BrIS. The molecular weight excluding hydrogens is 371 g/mol. The molecule has 2 rings (SSSR count). The molecule has 0 fully saturated rings. The van der Waals surface area contributed by atoms with Gasteiger partial charge in [-0.2, -0.15) is 0 Å². The summed E-state index contributed by atoms with van der Waals surface area (Å²) in [5, 5.41) is 0. The molecule has 0 aliphatic rings. The van der Waals surface area contributed by atoms with E-state index in [9.17, 15) is 0 Å². The van der Waals surface area contributed by atoms with Crippen molar-refractivity contribution in [1.82, 2.24) is 0 Å². The summed E-state index contributed by atoms with van der Waals surface area (Å²) in [6.45, 7) is 2.11. The van der Waals surface area contributed by atoms with E-state index >= 15 is 0 Å². The summed E-state index contributed by atoms with van der Waals surface area (Å²) in [5.41, 5.74) is 3.87. The maximum absolute atomic E-state index is 3.59. The number of benzene rings is 1. The zero-order valence-corrected chi connectivity index (χ0v) is 12.1. The summed E-state index contributed by atoms with van der Waals surface area (Å²) in [4.78, 5) is 0. The van der Waals surface area contributed by atoms with E-state index in [4.69, 9.17) is 0 Å². The van der Waals surface area contributed by atoms with Crippen LogP contribution in [0.1, 0.15) is 5.56 Å². The van der Waals surface area contributed by atoms with Crippen LogP contribution in [0.15, 0.2) is 34.1 Å². The highest BCUT2D eigenvalue weighted by Crippen LogP contribution is 2.36. The Morgan fingerprint density at radius 1 is 1.21 bits per heavy atom. The minimum Gasteiger partial charge on any atom is -0.122 e. The van der Waals surface area contributed by atoms with E-state index in [1.54, 1.807) is 11.3 Å². The third-order valence-electron chi connectivity index (χ3n) is 2.02. The molecule has 0 spiro atoms. The standard InChI is InChI=1S/C11H8BrIS/c1-7-2-4-8(5-3-7)9-6-10(13)14-11(9)12/h2-6H,1H3. The SMILES string of the molecule is Cc1ccc(-c2cc(I)sc2Br)cc1. The van der Waals surface area contributed by atoms with E-state index < -0.39 is 0 Å². The first-order chi connectivity index (χ1) is 6.66. The topological polar surface area (TPSA) is 0 Å². The van der Waals surface area contributed by atoms with Gasteiger partial charge in [0.1, 0.15) is 0 Å². The van der Waals surface area contributed by atoms with Crippen molar-refractivity contribution in [1.29, 1.82) is 0 Å². The minimum absolute atomic E-state index is 1.21. The second-order valence-corrected chi connectivity index (χ2v) is 7.37. The second-order valence-electron chi connectivity index (χ2n) is 3.10. The van der Waals surface area contributed by atoms with Gasteiger partial charge in [0.2, 0.25) is 0 Å². The summed E-state index contributed by atoms with van der Waals surface area (Å²) in [7, 11) is 0. The maximum Gasteiger partial charge on any atom is 0.0788 e. The molecule has 3 heteroatoms. The number of thiophene rings is 1. The van der Waals surface area contributed by atoms with Gasteiger partial charge in [0.25, 0.3) is 0 Å². The molecule has 0 saturated heterocycles. The van der Waals surface area contributed by atoms with E-state index in [1.165, 1.54) is 23.4 Å². The van der Waals surface area contributed by atoms with Gasteiger partial charge in [-0.1, -0.05) is 29.8 Å². The molecule has 0 saturated carbocycles. The smallest absolute Gasteiger partial charge is 0.0788 e. The number of aryl methyl sites for hydroxylation is 1. The van der Waals surface area contributed by atoms with Gasteiger partial charge in [0.05, 0.1) is 6.67 Å². The van der Waals surface area contributed by atoms with Crippen molar-refractivity contribution in [2.24, 2.45) is 0 Å². The lowest BCUT2D eigenvalue weighted by atomic mass is 10.1. The quantitative estimate of drug-likeness (QED) is 0.606. The van der Waals surface area contributed by atoms with E-state index in [0.29, 0.717) is 0 Å². The third-order valence-corrected chi connectivity index (χ3v) is 4.62. The van der Waals surface area contributed by atoms with Crippen LogP contribution in [-0.4, -0.2) is 0 Å². The van der Waals surface area contributed by atoms with Crippen molar-refractivity contribution in [2.45, 2.75) is 6.92 Å². The van der Waals surface area contributed by atoms with Gasteiger partial charge in [-0.3, -0.25) is 0 Å². The van der Waals surface area contributed by atoms with Crippen LogP contribution in [-0.2, 0) is 0 Å². The van der Waals surface area contributed by atoms with Gasteiger partial charge >= 0.3 is 0 Å². The molecule has 0 atom stereocenters. The van der Waals surface area contributed by atoms with Crippen LogP contribution in [0.3, 0.4) is 0 Å². The van der Waals surface area contributed by atoms with Gasteiger partial charge < -0.3 is 0 Å². The van der Waals surface area contributed by atoms with E-state index in [1.807, 2.05) is 0 Å². The number of halogens is 2. The van der Waals surface area contributed by atoms with E-state index in [-0.39, 0.29) is 0 Å². The van der Waals surface area contributed by atoms with Crippen molar-refractivity contribution in [3.8, 4) is 11.1 Å². The van der Waals surface area contributed by atoms with Gasteiger partial charge in [0.15, 0.2) is 0 Å². The molecule has 0 nitrogen and oxygen atoms in total. The molecule has 14 heavy (non-hydrogen) atoms. The summed E-state index contributed by atoms with van der Waals surface area (Å²) < 4.78 is 2.52. The molecule has 1 heterocycles. The highest BCUT2D eigenvalue weighted by atomic mass is 127. The lowest BCUT2D eigenvalue weighted by molar-refractivity contribution is 1.47. The second kappa shape index (κ2) is 4.33. The van der Waals surface area contributed by atoms with Crippen molar-refractivity contribution >= 4 is 49.9 Å². The average molecular weight is 379 g/mol. The zero-order valence-electron chi connectivity index (χ0n) is 7.55. The predicted molar refractivity (Wildman–Crippen MR) is 74.9 cm³/mol. The fourth-order valence-electron chi connectivity index (χ4n) is 1.27. The molecule has 1 aromatic heterocycles. The van der Waals surface area contributed by atoms with Crippen LogP contribution in [0.5, 0.6) is 0 Å². The molecule has 0 bridgehead atoms. The lowest BCUT2D eigenvalue weighted by Crippen LogP contribution is -1.75. The molecule has 0 radical (unpaired) electrons. The summed E-state index contributed by atoms with van der Waals surface area (Å²) in [5.74, 6) is 0. The average Bonchev–Trinajstić information content (AvgIpc) is 2.47. The number of rotatable bonds is 1. The molecule has 72 valence electrons. The van der Waals surface area contributed by atoms with E-state index in [0.717, 1.165) is 0 Å². The number of hydrogen-bond donors (Lipinski definition) is 0. The molecule has 1 aromatic carbocycles. The van der Waals surface area contributed by atoms with Gasteiger partial charge in [0, 0.05) is 5.56 Å². The van der Waals surface area contributed by atoms with Crippen molar-refractivity contribution in [3.63, 3.8) is 0 Å². The first-order valence-corrected chi connectivity index (χ1v) is 6.87. The molecule has 0 amide bonds. The Morgan fingerprint density at radius 2 is 1.86 bits per heavy atom. The van der Waals surface area contributed by atoms with Crippen molar-refractivity contribution in [3.05, 3.63) is 42.6 Å². The molecule has 0 unspecified atom stereocenters. The first kappa shape index (κ1) is 10.6. The summed E-state index contributed by atoms with van der Waals surface area (Å²) >= 11 is 7.71. The summed E-state index contributed by atoms with van der Waals surface area (Å²) in [6.07, 6.45) is 0. The van der Waals surface area contributed by atoms with Crippen molar-refractivity contribution in [2.75, 3.05) is 0 Å². The highest BCUT2D eigenvalue weighted by Gasteiger charge is 2.06. The Bertz CT molecular complexity index is 445. The van der Waals surface area contributed by atoms with Crippen LogP contribution in [0.4, 0.5) is 0 Å². The van der Waals surface area contributed by atoms with Crippen LogP contribution < -0.4 is 0 Å². The Hall–Kier alpha value is 0.130. The predicted octanol–water partition coefficient (Wildman–Crippen LogP) is 5.09. The largest absolute Gasteiger partial charge is 0.122 e. The van der Waals surface area contributed by atoms with Crippen LogP contribution in [0.2, 0.25) is 0 Å². The third kappa shape index (κ3) is 2.20. The zero-order chi connectivity index (χ0) is 10.1. The highest BCUT2D eigenvalue weighted by molar-refractivity contribution is 14.1. The minimum atomic E-state index is 1.21. The fraction of sp³-hybridized carbons (Fsp3) is 0.0909. The summed E-state index contributed by atoms with van der Waals surface area (Å²) in [6, 6.07) is 10.8. The molecule has 2 aromatic rings. The maximum atomic E-state index is 3.59. The molecule has 0 aliphatic carbocycles. The molecule has 0 N–H and O–H groups in total. The Labute approximate surface area is 110 Å². The lowest BCUT2D eigenvalue weighted by Gasteiger charge is -1.99. The van der Waals surface area contributed by atoms with Crippen LogP contribution in [0, 0.1) is 9.81 Å².